The molecule has 4 nitrogen and oxygen atoms in total. The normalized spacial score (nSPS) is 18.9. The topological polar surface area (TPSA) is 34.8 Å². The summed E-state index contributed by atoms with van der Waals surface area (Å²) in [5.41, 5.74) is 1.15. The third kappa shape index (κ3) is 2.44. The molecule has 1 aromatic carbocycles. The largest absolute Gasteiger partial charge is 0.497 e. The minimum atomic E-state index is 0.0147. The number of fused-ring (bicyclic) bond motifs is 1. The molecular weight excluding hydrogens is 242 g/mol. The van der Waals surface area contributed by atoms with E-state index in [1.165, 1.54) is 0 Å². The highest BCUT2D eigenvalue weighted by Gasteiger charge is 2.27. The molecule has 2 heterocycles. The second-order valence-corrected chi connectivity index (χ2v) is 4.78. The van der Waals surface area contributed by atoms with Crippen molar-refractivity contribution >= 4 is 0 Å². The highest BCUT2D eigenvalue weighted by molar-refractivity contribution is 5.32. The summed E-state index contributed by atoms with van der Waals surface area (Å²) in [6.07, 6.45) is 1.75. The molecule has 3 rings (SSSR count). The molecule has 0 aliphatic carbocycles. The van der Waals surface area contributed by atoms with Gasteiger partial charge in [-0.2, -0.15) is 0 Å². The number of rotatable bonds is 3. The number of ether oxygens (including phenoxy) is 2. The van der Waals surface area contributed by atoms with Crippen LogP contribution in [0.5, 0.6) is 11.5 Å². The predicted octanol–water partition coefficient (Wildman–Crippen LogP) is 2.85. The van der Waals surface area contributed by atoms with Crippen LogP contribution in [0.2, 0.25) is 0 Å². The van der Waals surface area contributed by atoms with Gasteiger partial charge in [-0.25, -0.2) is 0 Å². The van der Waals surface area contributed by atoms with Gasteiger partial charge in [0.05, 0.1) is 19.9 Å². The van der Waals surface area contributed by atoms with Gasteiger partial charge in [0, 0.05) is 12.1 Å². The molecule has 0 spiro atoms. The second-order valence-electron chi connectivity index (χ2n) is 4.78. The van der Waals surface area contributed by atoms with Crippen molar-refractivity contribution in [2.75, 3.05) is 20.7 Å². The zero-order valence-electron chi connectivity index (χ0n) is 11.1. The van der Waals surface area contributed by atoms with Gasteiger partial charge in [-0.05, 0) is 37.4 Å². The molecule has 1 aliphatic rings. The maximum Gasteiger partial charge on any atom is 0.140 e. The minimum Gasteiger partial charge on any atom is -0.497 e. The van der Waals surface area contributed by atoms with Crippen LogP contribution in [-0.2, 0) is 6.54 Å². The van der Waals surface area contributed by atoms with Crippen molar-refractivity contribution in [3.63, 3.8) is 0 Å². The molecule has 0 amide bonds. The maximum atomic E-state index is 6.05. The molecule has 0 saturated heterocycles. The molecule has 1 aliphatic heterocycles. The van der Waals surface area contributed by atoms with E-state index in [0.717, 1.165) is 35.9 Å². The fourth-order valence-electron chi connectivity index (χ4n) is 2.38. The van der Waals surface area contributed by atoms with E-state index in [9.17, 15) is 0 Å². The van der Waals surface area contributed by atoms with Gasteiger partial charge in [0.15, 0.2) is 0 Å². The van der Waals surface area contributed by atoms with Crippen LogP contribution in [0, 0.1) is 0 Å². The smallest absolute Gasteiger partial charge is 0.140 e. The number of furan rings is 1. The van der Waals surface area contributed by atoms with Crippen LogP contribution in [-0.4, -0.2) is 25.6 Å². The molecule has 0 fully saturated rings. The predicted molar refractivity (Wildman–Crippen MR) is 71.4 cm³/mol. The van der Waals surface area contributed by atoms with Gasteiger partial charge in [0.1, 0.15) is 23.4 Å². The van der Waals surface area contributed by atoms with Gasteiger partial charge in [0.25, 0.3) is 0 Å². The molecule has 1 aromatic heterocycles. The summed E-state index contributed by atoms with van der Waals surface area (Å²) in [5.74, 6) is 2.66. The van der Waals surface area contributed by atoms with Crippen LogP contribution in [0.4, 0.5) is 0 Å². The average Bonchev–Trinajstić information content (AvgIpc) is 2.88. The van der Waals surface area contributed by atoms with Crippen LogP contribution in [0.1, 0.15) is 17.4 Å². The van der Waals surface area contributed by atoms with Crippen molar-refractivity contribution in [2.24, 2.45) is 0 Å². The molecule has 0 saturated carbocycles. The van der Waals surface area contributed by atoms with E-state index in [0.29, 0.717) is 0 Å². The summed E-state index contributed by atoms with van der Waals surface area (Å²) in [7, 11) is 3.72. The Hall–Kier alpha value is -1.94. The Morgan fingerprint density at radius 3 is 2.63 bits per heavy atom. The zero-order valence-corrected chi connectivity index (χ0v) is 11.1. The first-order valence-electron chi connectivity index (χ1n) is 6.32. The van der Waals surface area contributed by atoms with E-state index in [-0.39, 0.29) is 6.10 Å². The number of hydrogen-bond acceptors (Lipinski definition) is 4. The fourth-order valence-corrected chi connectivity index (χ4v) is 2.38. The number of likely N-dealkylation sites (N-methyl/N-ethyl adjacent to an activating group) is 1. The van der Waals surface area contributed by atoms with E-state index >= 15 is 0 Å². The highest BCUT2D eigenvalue weighted by atomic mass is 16.5. The first-order chi connectivity index (χ1) is 9.26. The monoisotopic (exact) mass is 259 g/mol. The van der Waals surface area contributed by atoms with Crippen LogP contribution >= 0.6 is 0 Å². The molecule has 0 N–H and O–H groups in total. The van der Waals surface area contributed by atoms with Crippen LogP contribution < -0.4 is 9.47 Å². The lowest BCUT2D eigenvalue weighted by atomic mass is 10.1. The Balaban J connectivity index is 1.79. The molecule has 0 radical (unpaired) electrons. The third-order valence-electron chi connectivity index (χ3n) is 3.36. The summed E-state index contributed by atoms with van der Waals surface area (Å²) in [6.45, 7) is 1.70. The standard InChI is InChI=1S/C15H17NO3/c1-16-9-14-13(7-8-18-14)15(10-16)19-12-5-3-11(17-2)4-6-12/h3-8,15H,9-10H2,1-2H3. The summed E-state index contributed by atoms with van der Waals surface area (Å²) in [4.78, 5) is 2.19. The van der Waals surface area contributed by atoms with E-state index in [1.54, 1.807) is 13.4 Å². The molecule has 1 atom stereocenters. The van der Waals surface area contributed by atoms with E-state index in [2.05, 4.69) is 11.9 Å². The SMILES string of the molecule is COc1ccc(OC2CN(C)Cc3occc32)cc1. The summed E-state index contributed by atoms with van der Waals surface area (Å²) in [5, 5.41) is 0. The summed E-state index contributed by atoms with van der Waals surface area (Å²) < 4.78 is 16.7. The van der Waals surface area contributed by atoms with E-state index in [4.69, 9.17) is 13.9 Å². The molecule has 2 aromatic rings. The Bertz CT molecular complexity index is 547. The van der Waals surface area contributed by atoms with E-state index in [1.807, 2.05) is 30.3 Å². The first-order valence-corrected chi connectivity index (χ1v) is 6.32. The number of nitrogens with zero attached hydrogens (tertiary/aromatic N) is 1. The van der Waals surface area contributed by atoms with Gasteiger partial charge in [-0.15, -0.1) is 0 Å². The van der Waals surface area contributed by atoms with Crippen LogP contribution in [0.3, 0.4) is 0 Å². The van der Waals surface area contributed by atoms with Crippen molar-refractivity contribution in [3.8, 4) is 11.5 Å². The molecule has 1 unspecified atom stereocenters. The molecule has 4 heteroatoms. The highest BCUT2D eigenvalue weighted by Crippen LogP contribution is 2.31. The van der Waals surface area contributed by atoms with Crippen molar-refractivity contribution in [2.45, 2.75) is 12.6 Å². The van der Waals surface area contributed by atoms with Gasteiger partial charge >= 0.3 is 0 Å². The zero-order chi connectivity index (χ0) is 13.2. The lowest BCUT2D eigenvalue weighted by Crippen LogP contribution is -2.32. The van der Waals surface area contributed by atoms with Gasteiger partial charge in [0.2, 0.25) is 0 Å². The van der Waals surface area contributed by atoms with Gasteiger partial charge in [-0.3, -0.25) is 4.90 Å². The second kappa shape index (κ2) is 4.97. The first kappa shape index (κ1) is 12.1. The fraction of sp³-hybridized carbons (Fsp3) is 0.333. The molecule has 100 valence electrons. The Morgan fingerprint density at radius 1 is 1.16 bits per heavy atom. The lowest BCUT2D eigenvalue weighted by Gasteiger charge is -2.29. The Labute approximate surface area is 112 Å². The number of benzene rings is 1. The number of methoxy groups -OCH3 is 1. The van der Waals surface area contributed by atoms with Crippen molar-refractivity contribution in [3.05, 3.63) is 47.9 Å². The quantitative estimate of drug-likeness (QED) is 0.849. The van der Waals surface area contributed by atoms with E-state index < -0.39 is 0 Å². The average molecular weight is 259 g/mol. The molecule has 19 heavy (non-hydrogen) atoms. The Kier molecular flexibility index (Phi) is 3.17. The van der Waals surface area contributed by atoms with Gasteiger partial charge < -0.3 is 13.9 Å². The van der Waals surface area contributed by atoms with Gasteiger partial charge in [-0.1, -0.05) is 0 Å². The number of hydrogen-bond donors (Lipinski definition) is 0. The van der Waals surface area contributed by atoms with Crippen molar-refractivity contribution in [1.82, 2.24) is 4.90 Å². The minimum absolute atomic E-state index is 0.0147. The lowest BCUT2D eigenvalue weighted by molar-refractivity contribution is 0.120. The van der Waals surface area contributed by atoms with Crippen molar-refractivity contribution < 1.29 is 13.9 Å². The summed E-state index contributed by atoms with van der Waals surface area (Å²) in [6, 6.07) is 9.65. The maximum absolute atomic E-state index is 6.05. The molecule has 0 bridgehead atoms. The molecular formula is C15H17NO3. The van der Waals surface area contributed by atoms with Crippen LogP contribution in [0.25, 0.3) is 0 Å². The van der Waals surface area contributed by atoms with Crippen LogP contribution in [0.15, 0.2) is 41.0 Å². The van der Waals surface area contributed by atoms with Crippen molar-refractivity contribution in [1.29, 1.82) is 0 Å². The third-order valence-corrected chi connectivity index (χ3v) is 3.36. The Morgan fingerprint density at radius 2 is 1.89 bits per heavy atom. The summed E-state index contributed by atoms with van der Waals surface area (Å²) >= 11 is 0.